The van der Waals surface area contributed by atoms with E-state index in [1.54, 1.807) is 0 Å². The van der Waals surface area contributed by atoms with E-state index in [-0.39, 0.29) is 12.5 Å². The molecule has 4 heteroatoms. The molecule has 4 aromatic rings. The number of esters is 1. The molecule has 0 fully saturated rings. The number of nitrogens with one attached hydrogen (secondary N) is 1. The number of nitrogens with zero attached hydrogens (tertiary/aromatic N) is 1. The van der Waals surface area contributed by atoms with Crippen molar-refractivity contribution in [2.75, 3.05) is 0 Å². The summed E-state index contributed by atoms with van der Waals surface area (Å²) in [7, 11) is 0. The van der Waals surface area contributed by atoms with E-state index in [0.717, 1.165) is 33.1 Å². The fraction of sp³-hybridized carbons (Fsp3) is 0.292. The smallest absolute Gasteiger partial charge is 0.326 e. The summed E-state index contributed by atoms with van der Waals surface area (Å²) in [6.07, 6.45) is 1.95. The largest absolute Gasteiger partial charge is 0.459 e. The van der Waals surface area contributed by atoms with Crippen molar-refractivity contribution in [3.8, 4) is 11.3 Å². The minimum atomic E-state index is -0.509. The molecule has 2 heterocycles. The molecule has 0 saturated heterocycles. The van der Waals surface area contributed by atoms with Crippen LogP contribution in [-0.2, 0) is 16.1 Å². The van der Waals surface area contributed by atoms with Gasteiger partial charge in [0.1, 0.15) is 12.1 Å². The summed E-state index contributed by atoms with van der Waals surface area (Å²) in [5.74, 6) is -0.231. The molecule has 144 valence electrons. The van der Waals surface area contributed by atoms with Crippen LogP contribution in [0.4, 0.5) is 0 Å². The first-order chi connectivity index (χ1) is 13.2. The molecular weight excluding hydrogens is 348 g/mol. The third-order valence-corrected chi connectivity index (χ3v) is 5.02. The number of fused-ring (bicyclic) bond motifs is 2. The molecule has 0 radical (unpaired) electrons. The molecule has 0 aliphatic heterocycles. The molecule has 1 N–H and O–H groups in total. The van der Waals surface area contributed by atoms with Crippen LogP contribution in [-0.4, -0.2) is 21.1 Å². The third kappa shape index (κ3) is 3.19. The summed E-state index contributed by atoms with van der Waals surface area (Å²) in [5, 5.41) is 2.31. The Bertz CT molecular complexity index is 1190. The molecule has 2 aromatic heterocycles. The fourth-order valence-corrected chi connectivity index (χ4v) is 3.93. The van der Waals surface area contributed by atoms with E-state index >= 15 is 0 Å². The summed E-state index contributed by atoms with van der Waals surface area (Å²) in [5.41, 5.74) is 6.11. The van der Waals surface area contributed by atoms with E-state index in [2.05, 4.69) is 65.9 Å². The van der Waals surface area contributed by atoms with E-state index in [0.29, 0.717) is 0 Å². The lowest BCUT2D eigenvalue weighted by Crippen LogP contribution is -2.26. The predicted octanol–water partition coefficient (Wildman–Crippen LogP) is 5.75. The van der Waals surface area contributed by atoms with Gasteiger partial charge in [-0.1, -0.05) is 30.3 Å². The zero-order valence-corrected chi connectivity index (χ0v) is 17.1. The van der Waals surface area contributed by atoms with Crippen molar-refractivity contribution in [1.29, 1.82) is 0 Å². The minimum Gasteiger partial charge on any atom is -0.459 e. The lowest BCUT2D eigenvalue weighted by Gasteiger charge is -2.21. The maximum absolute atomic E-state index is 12.7. The second kappa shape index (κ2) is 6.55. The van der Waals surface area contributed by atoms with E-state index in [4.69, 9.17) is 4.74 Å². The maximum atomic E-state index is 12.7. The molecule has 4 rings (SSSR count). The molecular formula is C24H26N2O2. The number of carbonyl (C=O) groups is 1. The number of aryl methyl sites for hydroxylation is 2. The van der Waals surface area contributed by atoms with E-state index < -0.39 is 5.60 Å². The van der Waals surface area contributed by atoms with Gasteiger partial charge in [-0.3, -0.25) is 4.79 Å². The summed E-state index contributed by atoms with van der Waals surface area (Å²) >= 11 is 0. The SMILES string of the molecule is Cc1ccc2c(C)c(-c3cccc4cc[nH]c34)n(CC(=O)OC(C)(C)C)c2c1. The maximum Gasteiger partial charge on any atom is 0.326 e. The van der Waals surface area contributed by atoms with Gasteiger partial charge in [-0.25, -0.2) is 0 Å². The first-order valence-corrected chi connectivity index (χ1v) is 9.62. The number of para-hydroxylation sites is 1. The topological polar surface area (TPSA) is 47.0 Å². The van der Waals surface area contributed by atoms with Crippen molar-refractivity contribution in [1.82, 2.24) is 9.55 Å². The Balaban J connectivity index is 1.96. The second-order valence-corrected chi connectivity index (χ2v) is 8.41. The molecule has 0 amide bonds. The summed E-state index contributed by atoms with van der Waals surface area (Å²) in [4.78, 5) is 16.1. The van der Waals surface area contributed by atoms with Crippen LogP contribution in [0.5, 0.6) is 0 Å². The Morgan fingerprint density at radius 2 is 1.89 bits per heavy atom. The number of carbonyl (C=O) groups excluding carboxylic acids is 1. The van der Waals surface area contributed by atoms with Crippen LogP contribution in [0, 0.1) is 13.8 Å². The van der Waals surface area contributed by atoms with Crippen LogP contribution in [0.1, 0.15) is 31.9 Å². The number of benzene rings is 2. The molecule has 28 heavy (non-hydrogen) atoms. The average molecular weight is 374 g/mol. The predicted molar refractivity (Wildman–Crippen MR) is 115 cm³/mol. The van der Waals surface area contributed by atoms with Gasteiger partial charge in [0.15, 0.2) is 0 Å². The van der Waals surface area contributed by atoms with Gasteiger partial charge < -0.3 is 14.3 Å². The summed E-state index contributed by atoms with van der Waals surface area (Å²) < 4.78 is 7.72. The lowest BCUT2D eigenvalue weighted by atomic mass is 10.0. The molecule has 0 atom stereocenters. The van der Waals surface area contributed by atoms with Gasteiger partial charge in [0.25, 0.3) is 0 Å². The number of rotatable bonds is 3. The van der Waals surface area contributed by atoms with Crippen LogP contribution in [0.25, 0.3) is 33.1 Å². The van der Waals surface area contributed by atoms with Gasteiger partial charge in [-0.15, -0.1) is 0 Å². The molecule has 0 unspecified atom stereocenters. The first kappa shape index (κ1) is 18.4. The highest BCUT2D eigenvalue weighted by molar-refractivity contribution is 6.00. The Kier molecular flexibility index (Phi) is 4.30. The van der Waals surface area contributed by atoms with Gasteiger partial charge in [0.2, 0.25) is 0 Å². The summed E-state index contributed by atoms with van der Waals surface area (Å²) in [6.45, 7) is 10.1. The van der Waals surface area contributed by atoms with Crippen LogP contribution < -0.4 is 0 Å². The Hall–Kier alpha value is -3.01. The normalized spacial score (nSPS) is 12.0. The Morgan fingerprint density at radius 1 is 1.11 bits per heavy atom. The van der Waals surface area contributed by atoms with E-state index in [1.165, 1.54) is 11.1 Å². The minimum absolute atomic E-state index is 0.178. The highest BCUT2D eigenvalue weighted by atomic mass is 16.6. The van der Waals surface area contributed by atoms with E-state index in [9.17, 15) is 4.79 Å². The van der Waals surface area contributed by atoms with Gasteiger partial charge in [0, 0.05) is 28.0 Å². The van der Waals surface area contributed by atoms with Crippen molar-refractivity contribution >= 4 is 27.8 Å². The number of hydrogen-bond acceptors (Lipinski definition) is 2. The van der Waals surface area contributed by atoms with Gasteiger partial charge >= 0.3 is 5.97 Å². The van der Waals surface area contributed by atoms with Crippen LogP contribution in [0.3, 0.4) is 0 Å². The lowest BCUT2D eigenvalue weighted by molar-refractivity contribution is -0.155. The van der Waals surface area contributed by atoms with Crippen molar-refractivity contribution < 1.29 is 9.53 Å². The van der Waals surface area contributed by atoms with Crippen molar-refractivity contribution in [3.63, 3.8) is 0 Å². The molecule has 0 spiro atoms. The van der Waals surface area contributed by atoms with Crippen LogP contribution in [0.2, 0.25) is 0 Å². The number of H-pyrrole nitrogens is 1. The molecule has 0 aliphatic carbocycles. The van der Waals surface area contributed by atoms with Crippen molar-refractivity contribution in [3.05, 3.63) is 59.8 Å². The van der Waals surface area contributed by atoms with Gasteiger partial charge in [-0.2, -0.15) is 0 Å². The van der Waals surface area contributed by atoms with Crippen LogP contribution in [0.15, 0.2) is 48.7 Å². The monoisotopic (exact) mass is 374 g/mol. The van der Waals surface area contributed by atoms with E-state index in [1.807, 2.05) is 27.0 Å². The molecule has 4 nitrogen and oxygen atoms in total. The highest BCUT2D eigenvalue weighted by Gasteiger charge is 2.22. The number of aromatic nitrogens is 2. The Morgan fingerprint density at radius 3 is 2.64 bits per heavy atom. The van der Waals surface area contributed by atoms with Gasteiger partial charge in [-0.05, 0) is 57.9 Å². The molecule has 2 aromatic carbocycles. The molecule has 0 aliphatic rings. The average Bonchev–Trinajstić information content (AvgIpc) is 3.17. The number of hydrogen-bond donors (Lipinski definition) is 1. The standard InChI is InChI=1S/C24H26N2O2/c1-15-9-10-18-16(2)23(19-8-6-7-17-11-12-25-22(17)19)26(20(18)13-15)14-21(27)28-24(3,4)5/h6-13,25H,14H2,1-5H3. The number of ether oxygens (including phenoxy) is 1. The fourth-order valence-electron chi connectivity index (χ4n) is 3.93. The molecule has 0 bridgehead atoms. The quantitative estimate of drug-likeness (QED) is 0.464. The van der Waals surface area contributed by atoms with Crippen molar-refractivity contribution in [2.45, 2.75) is 46.8 Å². The zero-order valence-electron chi connectivity index (χ0n) is 17.1. The Labute approximate surface area is 165 Å². The zero-order chi connectivity index (χ0) is 20.1. The molecule has 0 saturated carbocycles. The van der Waals surface area contributed by atoms with Gasteiger partial charge in [0.05, 0.1) is 11.2 Å². The van der Waals surface area contributed by atoms with Crippen molar-refractivity contribution in [2.24, 2.45) is 0 Å². The van der Waals surface area contributed by atoms with Crippen LogP contribution >= 0.6 is 0 Å². The third-order valence-electron chi connectivity index (χ3n) is 5.02. The highest BCUT2D eigenvalue weighted by Crippen LogP contribution is 2.37. The summed E-state index contributed by atoms with van der Waals surface area (Å²) in [6, 6.07) is 14.7. The number of aromatic amines is 1. The first-order valence-electron chi connectivity index (χ1n) is 9.62. The second-order valence-electron chi connectivity index (χ2n) is 8.41.